The van der Waals surface area contributed by atoms with Crippen molar-refractivity contribution < 1.29 is 23.8 Å². The molecular weight excluding hydrogens is 444 g/mol. The van der Waals surface area contributed by atoms with E-state index in [-0.39, 0.29) is 24.5 Å². The molecule has 3 aromatic carbocycles. The fourth-order valence-electron chi connectivity index (χ4n) is 3.94. The first kappa shape index (κ1) is 24.3. The van der Waals surface area contributed by atoms with E-state index >= 15 is 0 Å². The number of hydrogen-bond acceptors (Lipinski definition) is 5. The van der Waals surface area contributed by atoms with Gasteiger partial charge in [0.25, 0.3) is 5.91 Å². The summed E-state index contributed by atoms with van der Waals surface area (Å²) in [7, 11) is 1.58. The molecule has 1 heterocycles. The maximum atomic E-state index is 13.2. The number of amides is 2. The second-order valence-corrected chi connectivity index (χ2v) is 8.33. The van der Waals surface area contributed by atoms with E-state index in [1.54, 1.807) is 31.4 Å². The van der Waals surface area contributed by atoms with E-state index in [1.165, 1.54) is 0 Å². The summed E-state index contributed by atoms with van der Waals surface area (Å²) in [5.41, 5.74) is 2.04. The molecule has 0 aromatic heterocycles. The van der Waals surface area contributed by atoms with Gasteiger partial charge in [0.2, 0.25) is 5.91 Å². The highest BCUT2D eigenvalue weighted by Crippen LogP contribution is 2.29. The third-order valence-corrected chi connectivity index (χ3v) is 5.85. The van der Waals surface area contributed by atoms with Crippen molar-refractivity contribution >= 4 is 11.8 Å². The number of methoxy groups -OCH3 is 1. The number of carbonyl (C=O) groups is 2. The predicted octanol–water partition coefficient (Wildman–Crippen LogP) is 4.04. The van der Waals surface area contributed by atoms with Gasteiger partial charge in [-0.25, -0.2) is 0 Å². The van der Waals surface area contributed by atoms with E-state index < -0.39 is 6.04 Å². The van der Waals surface area contributed by atoms with Crippen LogP contribution in [0.4, 0.5) is 0 Å². The van der Waals surface area contributed by atoms with E-state index in [2.05, 4.69) is 10.6 Å². The maximum Gasteiger partial charge on any atom is 0.252 e. The Hall–Kier alpha value is -3.84. The number of rotatable bonds is 10. The van der Waals surface area contributed by atoms with Crippen molar-refractivity contribution in [3.05, 3.63) is 95.6 Å². The van der Waals surface area contributed by atoms with Crippen LogP contribution in [0.1, 0.15) is 40.4 Å². The number of hydrogen-bond donors (Lipinski definition) is 2. The Balaban J connectivity index is 1.41. The average Bonchev–Trinajstić information content (AvgIpc) is 3.44. The van der Waals surface area contributed by atoms with Crippen molar-refractivity contribution in [2.45, 2.75) is 31.5 Å². The molecule has 0 saturated carbocycles. The van der Waals surface area contributed by atoms with Crippen molar-refractivity contribution in [2.75, 3.05) is 20.3 Å². The Morgan fingerprint density at radius 2 is 1.74 bits per heavy atom. The SMILES string of the molecule is COc1cc(CNC(=O)C(NC(=O)c2ccccc2)c2ccccc2)ccc1OCC1CCCO1. The molecule has 1 aliphatic heterocycles. The maximum absolute atomic E-state index is 13.2. The standard InChI is InChI=1S/C28H30N2O5/c1-33-25-17-20(14-15-24(25)35-19-23-13-8-16-34-23)18-29-28(32)26(21-9-4-2-5-10-21)30-27(31)22-11-6-3-7-12-22/h2-7,9-12,14-15,17,23,26H,8,13,16,18-19H2,1H3,(H,29,32)(H,30,31). The predicted molar refractivity (Wildman–Crippen MR) is 132 cm³/mol. The highest BCUT2D eigenvalue weighted by Gasteiger charge is 2.23. The second kappa shape index (κ2) is 12.0. The van der Waals surface area contributed by atoms with E-state index in [4.69, 9.17) is 14.2 Å². The molecule has 35 heavy (non-hydrogen) atoms. The highest BCUT2D eigenvalue weighted by atomic mass is 16.5. The molecule has 182 valence electrons. The number of carbonyl (C=O) groups excluding carboxylic acids is 2. The van der Waals surface area contributed by atoms with E-state index in [9.17, 15) is 9.59 Å². The van der Waals surface area contributed by atoms with Crippen LogP contribution in [0.3, 0.4) is 0 Å². The largest absolute Gasteiger partial charge is 0.493 e. The lowest BCUT2D eigenvalue weighted by Gasteiger charge is -2.19. The summed E-state index contributed by atoms with van der Waals surface area (Å²) in [6.45, 7) is 1.53. The zero-order valence-electron chi connectivity index (χ0n) is 19.7. The molecule has 2 unspecified atom stereocenters. The quantitative estimate of drug-likeness (QED) is 0.463. The Bertz CT molecular complexity index is 1110. The van der Waals surface area contributed by atoms with Gasteiger partial charge in [0, 0.05) is 18.7 Å². The van der Waals surface area contributed by atoms with Crippen molar-refractivity contribution in [1.82, 2.24) is 10.6 Å². The first-order valence-corrected chi connectivity index (χ1v) is 11.7. The summed E-state index contributed by atoms with van der Waals surface area (Å²) < 4.78 is 17.0. The van der Waals surface area contributed by atoms with Crippen LogP contribution >= 0.6 is 0 Å². The molecule has 4 rings (SSSR count). The van der Waals surface area contributed by atoms with Gasteiger partial charge in [0.1, 0.15) is 12.6 Å². The highest BCUT2D eigenvalue weighted by molar-refractivity contribution is 5.97. The van der Waals surface area contributed by atoms with E-state index in [0.29, 0.717) is 29.2 Å². The molecule has 2 atom stereocenters. The molecule has 7 nitrogen and oxygen atoms in total. The van der Waals surface area contributed by atoms with Crippen molar-refractivity contribution in [3.63, 3.8) is 0 Å². The minimum absolute atomic E-state index is 0.111. The van der Waals surface area contributed by atoms with Crippen LogP contribution in [0.5, 0.6) is 11.5 Å². The molecule has 2 N–H and O–H groups in total. The lowest BCUT2D eigenvalue weighted by Crippen LogP contribution is -2.40. The van der Waals surface area contributed by atoms with Gasteiger partial charge in [-0.15, -0.1) is 0 Å². The Labute approximate surface area is 205 Å². The van der Waals surface area contributed by atoms with Crippen molar-refractivity contribution in [3.8, 4) is 11.5 Å². The smallest absolute Gasteiger partial charge is 0.252 e. The fourth-order valence-corrected chi connectivity index (χ4v) is 3.94. The van der Waals surface area contributed by atoms with Crippen LogP contribution < -0.4 is 20.1 Å². The van der Waals surface area contributed by atoms with E-state index in [1.807, 2.05) is 54.6 Å². The lowest BCUT2D eigenvalue weighted by atomic mass is 10.0. The fraction of sp³-hybridized carbons (Fsp3) is 0.286. The molecule has 1 aliphatic rings. The van der Waals surface area contributed by atoms with Crippen LogP contribution in [0.15, 0.2) is 78.9 Å². The first-order valence-electron chi connectivity index (χ1n) is 11.7. The van der Waals surface area contributed by atoms with Crippen LogP contribution in [0.2, 0.25) is 0 Å². The van der Waals surface area contributed by atoms with Gasteiger partial charge in [-0.05, 0) is 48.2 Å². The van der Waals surface area contributed by atoms with Crippen LogP contribution in [-0.4, -0.2) is 38.2 Å². The van der Waals surface area contributed by atoms with Gasteiger partial charge in [0.15, 0.2) is 11.5 Å². The lowest BCUT2D eigenvalue weighted by molar-refractivity contribution is -0.123. The minimum atomic E-state index is -0.834. The molecule has 1 fully saturated rings. The second-order valence-electron chi connectivity index (χ2n) is 8.33. The van der Waals surface area contributed by atoms with Gasteiger partial charge in [0.05, 0.1) is 13.2 Å². The summed E-state index contributed by atoms with van der Waals surface area (Å²) in [6.07, 6.45) is 2.16. The summed E-state index contributed by atoms with van der Waals surface area (Å²) in [6, 6.07) is 22.7. The van der Waals surface area contributed by atoms with Gasteiger partial charge in [-0.1, -0.05) is 54.6 Å². The average molecular weight is 475 g/mol. The number of benzene rings is 3. The minimum Gasteiger partial charge on any atom is -0.493 e. The Kier molecular flexibility index (Phi) is 8.35. The molecule has 7 heteroatoms. The normalized spacial score (nSPS) is 15.7. The van der Waals surface area contributed by atoms with Crippen LogP contribution in [-0.2, 0) is 16.1 Å². The van der Waals surface area contributed by atoms with E-state index in [0.717, 1.165) is 25.0 Å². The Morgan fingerprint density at radius 3 is 2.43 bits per heavy atom. The van der Waals surface area contributed by atoms with Crippen molar-refractivity contribution in [1.29, 1.82) is 0 Å². The molecular formula is C28H30N2O5. The van der Waals surface area contributed by atoms with Crippen molar-refractivity contribution in [2.24, 2.45) is 0 Å². The zero-order valence-corrected chi connectivity index (χ0v) is 19.7. The number of ether oxygens (including phenoxy) is 3. The molecule has 2 amide bonds. The van der Waals surface area contributed by atoms with Crippen LogP contribution in [0.25, 0.3) is 0 Å². The molecule has 0 radical (unpaired) electrons. The molecule has 0 bridgehead atoms. The summed E-state index contributed by atoms with van der Waals surface area (Å²) in [5, 5.41) is 5.79. The monoisotopic (exact) mass is 474 g/mol. The molecule has 0 aliphatic carbocycles. The summed E-state index contributed by atoms with van der Waals surface area (Å²) >= 11 is 0. The molecule has 0 spiro atoms. The Morgan fingerprint density at radius 1 is 1.00 bits per heavy atom. The van der Waals surface area contributed by atoms with Gasteiger partial charge in [-0.2, -0.15) is 0 Å². The third-order valence-electron chi connectivity index (χ3n) is 5.85. The molecule has 3 aromatic rings. The summed E-state index contributed by atoms with van der Waals surface area (Å²) in [4.78, 5) is 25.9. The van der Waals surface area contributed by atoms with Gasteiger partial charge < -0.3 is 24.8 Å². The zero-order chi connectivity index (χ0) is 24.5. The van der Waals surface area contributed by atoms with Gasteiger partial charge in [-0.3, -0.25) is 9.59 Å². The number of nitrogens with one attached hydrogen (secondary N) is 2. The first-order chi connectivity index (χ1) is 17.1. The molecule has 1 saturated heterocycles. The third kappa shape index (κ3) is 6.61. The van der Waals surface area contributed by atoms with Crippen LogP contribution in [0, 0.1) is 0 Å². The topological polar surface area (TPSA) is 85.9 Å². The summed E-state index contributed by atoms with van der Waals surface area (Å²) in [5.74, 6) is 0.601. The van der Waals surface area contributed by atoms with Gasteiger partial charge >= 0.3 is 0 Å².